The lowest BCUT2D eigenvalue weighted by Crippen LogP contribution is -2.35. The van der Waals surface area contributed by atoms with Crippen molar-refractivity contribution in [2.45, 2.75) is 57.8 Å². The molecule has 1 saturated heterocycles. The minimum Gasteiger partial charge on any atom is -0.433 e. The average Bonchev–Trinajstić information content (AvgIpc) is 2.76. The molecule has 0 saturated carbocycles. The van der Waals surface area contributed by atoms with Crippen LogP contribution >= 0.6 is 0 Å². The van der Waals surface area contributed by atoms with E-state index in [2.05, 4.69) is 25.6 Å². The monoisotopic (exact) mass is 301 g/mol. The highest BCUT2D eigenvalue weighted by Gasteiger charge is 2.33. The third kappa shape index (κ3) is 4.06. The maximum atomic E-state index is 11.5. The third-order valence-electron chi connectivity index (χ3n) is 4.27. The number of hydrogen-bond donors (Lipinski definition) is 0. The van der Waals surface area contributed by atoms with E-state index in [1.54, 1.807) is 0 Å². The highest BCUT2D eigenvalue weighted by atomic mass is 28.3. The summed E-state index contributed by atoms with van der Waals surface area (Å²) < 4.78 is 4.99. The summed E-state index contributed by atoms with van der Waals surface area (Å²) in [5.41, 5.74) is 0. The van der Waals surface area contributed by atoms with Crippen LogP contribution in [0.2, 0.25) is 24.2 Å². The topological polar surface area (TPSA) is 72.9 Å². The van der Waals surface area contributed by atoms with E-state index in [0.717, 1.165) is 24.2 Å². The molecule has 1 fully saturated rings. The number of hydroxylamine groups is 2. The van der Waals surface area contributed by atoms with Crippen LogP contribution in [0.25, 0.3) is 0 Å². The van der Waals surface area contributed by atoms with Crippen LogP contribution in [0, 0.1) is 0 Å². The summed E-state index contributed by atoms with van der Waals surface area (Å²) in [6, 6.07) is 4.35. The van der Waals surface area contributed by atoms with Crippen molar-refractivity contribution in [2.24, 2.45) is 0 Å². The van der Waals surface area contributed by atoms with Gasteiger partial charge in [0.15, 0.2) is 0 Å². The highest BCUT2D eigenvalue weighted by molar-refractivity contribution is 6.79. The average molecular weight is 301 g/mol. The second-order valence-corrected chi connectivity index (χ2v) is 10.7. The van der Waals surface area contributed by atoms with Crippen molar-refractivity contribution >= 4 is 26.0 Å². The van der Waals surface area contributed by atoms with Gasteiger partial charge in [0.05, 0.1) is 14.7 Å². The van der Waals surface area contributed by atoms with Gasteiger partial charge >= 0.3 is 6.16 Å². The van der Waals surface area contributed by atoms with E-state index in [4.69, 9.17) is 4.74 Å². The summed E-state index contributed by atoms with van der Waals surface area (Å²) in [7, 11) is -1.34. The maximum Gasteiger partial charge on any atom is 0.533 e. The Hall–Kier alpha value is -1.37. The molecule has 1 heterocycles. The first kappa shape index (κ1) is 16.7. The fraction of sp³-hybridized carbons (Fsp3) is 0.769. The Kier molecular flexibility index (Phi) is 6.19. The van der Waals surface area contributed by atoms with Gasteiger partial charge in [-0.3, -0.25) is 14.4 Å². The standard InChI is InChI=1S/C13H23NO5Si/c1-4-20(5-2,6-3)10-9-18-13(17)19-14-11(15)7-8-12(14)16/h4-10H2,1-3H3. The van der Waals surface area contributed by atoms with Crippen molar-refractivity contribution in [1.82, 2.24) is 5.06 Å². The first-order valence-electron chi connectivity index (χ1n) is 7.18. The molecule has 0 atom stereocenters. The van der Waals surface area contributed by atoms with E-state index in [1.165, 1.54) is 0 Å². The Morgan fingerprint density at radius 1 is 1.10 bits per heavy atom. The molecule has 114 valence electrons. The second-order valence-electron chi connectivity index (χ2n) is 5.08. The minimum absolute atomic E-state index is 0.0869. The first-order valence-corrected chi connectivity index (χ1v) is 10.0. The lowest BCUT2D eigenvalue weighted by molar-refractivity contribution is -0.176. The minimum atomic E-state index is -1.34. The van der Waals surface area contributed by atoms with Gasteiger partial charge in [-0.1, -0.05) is 44.0 Å². The predicted octanol–water partition coefficient (Wildman–Crippen LogP) is 2.71. The maximum absolute atomic E-state index is 11.5. The molecule has 20 heavy (non-hydrogen) atoms. The molecule has 0 aromatic rings. The number of carbonyl (C=O) groups excluding carboxylic acids is 3. The van der Waals surface area contributed by atoms with Gasteiger partial charge in [-0.2, -0.15) is 0 Å². The molecule has 7 heteroatoms. The molecule has 6 nitrogen and oxygen atoms in total. The molecular formula is C13H23NO5Si. The van der Waals surface area contributed by atoms with E-state index in [9.17, 15) is 14.4 Å². The van der Waals surface area contributed by atoms with Gasteiger partial charge in [0, 0.05) is 12.8 Å². The van der Waals surface area contributed by atoms with Crippen molar-refractivity contribution in [2.75, 3.05) is 6.61 Å². The summed E-state index contributed by atoms with van der Waals surface area (Å²) in [5.74, 6) is -0.988. The van der Waals surface area contributed by atoms with Crippen LogP contribution in [0.4, 0.5) is 4.79 Å². The van der Waals surface area contributed by atoms with Gasteiger partial charge in [0.2, 0.25) is 0 Å². The Bertz CT molecular complexity index is 357. The number of ether oxygens (including phenoxy) is 1. The van der Waals surface area contributed by atoms with Crippen LogP contribution < -0.4 is 0 Å². The molecule has 0 spiro atoms. The molecule has 1 aliphatic rings. The summed E-state index contributed by atoms with van der Waals surface area (Å²) in [5, 5.41) is 0.506. The Labute approximate surface area is 120 Å². The van der Waals surface area contributed by atoms with Crippen molar-refractivity contribution in [3.05, 3.63) is 0 Å². The largest absolute Gasteiger partial charge is 0.533 e. The molecule has 0 aromatic carbocycles. The fourth-order valence-electron chi connectivity index (χ4n) is 2.39. The Morgan fingerprint density at radius 3 is 2.05 bits per heavy atom. The van der Waals surface area contributed by atoms with E-state index >= 15 is 0 Å². The number of carbonyl (C=O) groups is 3. The molecule has 0 N–H and O–H groups in total. The first-order chi connectivity index (χ1) is 9.48. The van der Waals surface area contributed by atoms with Crippen molar-refractivity contribution in [1.29, 1.82) is 0 Å². The number of rotatable bonds is 7. The zero-order chi connectivity index (χ0) is 15.2. The van der Waals surface area contributed by atoms with Crippen LogP contribution in [-0.4, -0.2) is 37.7 Å². The van der Waals surface area contributed by atoms with Gasteiger partial charge in [-0.05, 0) is 6.04 Å². The van der Waals surface area contributed by atoms with Gasteiger partial charge in [-0.15, -0.1) is 0 Å². The molecule has 0 bridgehead atoms. The van der Waals surface area contributed by atoms with Crippen molar-refractivity contribution < 1.29 is 24.0 Å². The SMILES string of the molecule is CC[Si](CC)(CC)CCOC(=O)ON1C(=O)CCC1=O. The van der Waals surface area contributed by atoms with Crippen LogP contribution in [0.1, 0.15) is 33.6 Å². The number of imide groups is 1. The Balaban J connectivity index is 2.37. The predicted molar refractivity (Wildman–Crippen MR) is 75.5 cm³/mol. The van der Waals surface area contributed by atoms with Gasteiger partial charge in [-0.25, -0.2) is 4.79 Å². The summed E-state index contributed by atoms with van der Waals surface area (Å²) in [6.07, 6.45) is -0.799. The molecule has 0 radical (unpaired) electrons. The number of amides is 2. The van der Waals surface area contributed by atoms with Crippen molar-refractivity contribution in [3.63, 3.8) is 0 Å². The molecule has 0 aliphatic carbocycles. The molecule has 2 amide bonds. The second kappa shape index (κ2) is 7.42. The van der Waals surface area contributed by atoms with E-state index in [0.29, 0.717) is 5.06 Å². The normalized spacial score (nSPS) is 15.7. The summed E-state index contributed by atoms with van der Waals surface area (Å²) in [6.45, 7) is 6.83. The molecule has 0 aromatic heterocycles. The van der Waals surface area contributed by atoms with Gasteiger partial charge < -0.3 is 4.74 Å². The van der Waals surface area contributed by atoms with Crippen LogP contribution in [-0.2, 0) is 19.2 Å². The van der Waals surface area contributed by atoms with Crippen LogP contribution in [0.5, 0.6) is 0 Å². The zero-order valence-electron chi connectivity index (χ0n) is 12.4. The molecular weight excluding hydrogens is 278 g/mol. The summed E-state index contributed by atoms with van der Waals surface area (Å²) >= 11 is 0. The van der Waals surface area contributed by atoms with E-state index in [-0.39, 0.29) is 19.4 Å². The highest BCUT2D eigenvalue weighted by Crippen LogP contribution is 2.25. The van der Waals surface area contributed by atoms with Gasteiger partial charge in [0.25, 0.3) is 11.8 Å². The third-order valence-corrected chi connectivity index (χ3v) is 10.0. The fourth-order valence-corrected chi connectivity index (χ4v) is 5.49. The van der Waals surface area contributed by atoms with Crippen LogP contribution in [0.3, 0.4) is 0 Å². The van der Waals surface area contributed by atoms with E-state index in [1.807, 2.05) is 0 Å². The van der Waals surface area contributed by atoms with Crippen LogP contribution in [0.15, 0.2) is 0 Å². The molecule has 1 rings (SSSR count). The molecule has 1 aliphatic heterocycles. The Morgan fingerprint density at radius 2 is 1.60 bits per heavy atom. The number of nitrogens with zero attached hydrogens (tertiary/aromatic N) is 1. The zero-order valence-corrected chi connectivity index (χ0v) is 13.4. The summed E-state index contributed by atoms with van der Waals surface area (Å²) in [4.78, 5) is 38.6. The van der Waals surface area contributed by atoms with E-state index < -0.39 is 26.0 Å². The quantitative estimate of drug-likeness (QED) is 0.410. The van der Waals surface area contributed by atoms with Gasteiger partial charge in [0.1, 0.15) is 0 Å². The molecule has 0 unspecified atom stereocenters. The smallest absolute Gasteiger partial charge is 0.433 e. The van der Waals surface area contributed by atoms with Crippen molar-refractivity contribution in [3.8, 4) is 0 Å². The lowest BCUT2D eigenvalue weighted by Gasteiger charge is -2.27. The number of hydrogen-bond acceptors (Lipinski definition) is 5. The lowest BCUT2D eigenvalue weighted by atomic mass is 10.4.